The SMILES string of the molecule is Oc1c(Cc2ccccc2)cccc1Pc1ccccc1C[N-]c1ccccc1.[Cl][Ti+]. The third-order valence-corrected chi connectivity index (χ3v) is 6.26. The standard InChI is InChI=1S/C26H23NOP.ClH.Ti/c28-26-21(18-20-10-3-1-4-11-20)13-9-17-25(26)29-24-16-8-7-12-22(24)19-27-23-14-5-2-6-15-23;;/h1-17,28-29H,18-19H2;1H;/q-1;;+2/p-1. The van der Waals surface area contributed by atoms with Crippen molar-refractivity contribution in [3.63, 3.8) is 0 Å². The summed E-state index contributed by atoms with van der Waals surface area (Å²) in [6, 6.07) is 34.7. The van der Waals surface area contributed by atoms with Crippen molar-refractivity contribution in [2.45, 2.75) is 13.0 Å². The molecule has 4 rings (SSSR count). The molecule has 1 atom stereocenters. The van der Waals surface area contributed by atoms with Gasteiger partial charge in [-0.05, 0) is 16.4 Å². The molecule has 31 heavy (non-hydrogen) atoms. The van der Waals surface area contributed by atoms with Gasteiger partial charge in [0.2, 0.25) is 0 Å². The second-order valence-electron chi connectivity index (χ2n) is 6.91. The van der Waals surface area contributed by atoms with Gasteiger partial charge in [0.25, 0.3) is 0 Å². The average molecular weight is 480 g/mol. The van der Waals surface area contributed by atoms with Gasteiger partial charge in [0.05, 0.1) is 0 Å². The monoisotopic (exact) mass is 479 g/mol. The molecule has 4 aromatic rings. The summed E-state index contributed by atoms with van der Waals surface area (Å²) < 4.78 is 0. The molecule has 1 N–H and O–H groups in total. The predicted octanol–water partition coefficient (Wildman–Crippen LogP) is 6.50. The number of nitrogens with zero attached hydrogens (tertiary/aromatic N) is 1. The van der Waals surface area contributed by atoms with E-state index in [2.05, 4.69) is 45.7 Å². The summed E-state index contributed by atoms with van der Waals surface area (Å²) in [6.45, 7) is 0.637. The third-order valence-electron chi connectivity index (χ3n) is 4.83. The molecule has 0 spiro atoms. The normalized spacial score (nSPS) is 10.5. The Morgan fingerprint density at radius 3 is 2.00 bits per heavy atom. The summed E-state index contributed by atoms with van der Waals surface area (Å²) in [5, 5.41) is 17.8. The number of para-hydroxylation sites is 2. The van der Waals surface area contributed by atoms with E-state index in [-0.39, 0.29) is 0 Å². The van der Waals surface area contributed by atoms with Gasteiger partial charge in [0.15, 0.2) is 0 Å². The Balaban J connectivity index is 0.00000132. The number of phenolic OH excluding ortho intramolecular Hbond substituents is 1. The average Bonchev–Trinajstić information content (AvgIpc) is 2.84. The van der Waals surface area contributed by atoms with Crippen molar-refractivity contribution in [1.82, 2.24) is 0 Å². The van der Waals surface area contributed by atoms with Gasteiger partial charge in [-0.3, -0.25) is 0 Å². The Bertz CT molecular complexity index is 1080. The van der Waals surface area contributed by atoms with Crippen LogP contribution in [-0.2, 0) is 32.3 Å². The summed E-state index contributed by atoms with van der Waals surface area (Å²) in [7, 11) is 5.03. The van der Waals surface area contributed by atoms with E-state index < -0.39 is 0 Å². The van der Waals surface area contributed by atoms with Crippen LogP contribution >= 0.6 is 17.9 Å². The molecule has 1 unspecified atom stereocenters. The molecule has 0 aliphatic rings. The minimum atomic E-state index is 0.389. The number of halogens is 1. The molecular formula is C26H23ClNOPTi. The van der Waals surface area contributed by atoms with Crippen LogP contribution in [0.2, 0.25) is 0 Å². The number of benzene rings is 4. The number of hydrogen-bond donors (Lipinski definition) is 1. The number of hydrogen-bond acceptors (Lipinski definition) is 1. The molecule has 0 bridgehead atoms. The van der Waals surface area contributed by atoms with Gasteiger partial charge in [0, 0.05) is 11.7 Å². The van der Waals surface area contributed by atoms with E-state index in [1.165, 1.54) is 35.8 Å². The van der Waals surface area contributed by atoms with E-state index in [0.29, 0.717) is 20.9 Å². The van der Waals surface area contributed by atoms with E-state index in [0.717, 1.165) is 23.0 Å². The van der Waals surface area contributed by atoms with E-state index in [1.807, 2.05) is 66.7 Å². The van der Waals surface area contributed by atoms with Crippen LogP contribution in [0.3, 0.4) is 0 Å². The molecule has 0 amide bonds. The quantitative estimate of drug-likeness (QED) is 0.238. The van der Waals surface area contributed by atoms with Crippen LogP contribution in [-0.4, -0.2) is 5.11 Å². The van der Waals surface area contributed by atoms with Crippen LogP contribution in [0.15, 0.2) is 103 Å². The Labute approximate surface area is 201 Å². The zero-order valence-corrected chi connectivity index (χ0v) is 20.3. The summed E-state index contributed by atoms with van der Waals surface area (Å²) in [5.41, 5.74) is 4.35. The number of phenols is 1. The molecular weight excluding hydrogens is 457 g/mol. The first-order valence-corrected chi connectivity index (χ1v) is 13.1. The Morgan fingerprint density at radius 2 is 1.26 bits per heavy atom. The van der Waals surface area contributed by atoms with Crippen LogP contribution in [0, 0.1) is 0 Å². The van der Waals surface area contributed by atoms with Crippen LogP contribution in [0.1, 0.15) is 16.7 Å². The fraction of sp³-hybridized carbons (Fsp3) is 0.0769. The summed E-state index contributed by atoms with van der Waals surface area (Å²) in [6.07, 6.45) is 0.732. The van der Waals surface area contributed by atoms with Crippen molar-refractivity contribution >= 4 is 34.2 Å². The van der Waals surface area contributed by atoms with Crippen LogP contribution < -0.4 is 10.6 Å². The molecule has 0 aromatic heterocycles. The van der Waals surface area contributed by atoms with Gasteiger partial charge in [-0.1, -0.05) is 117 Å². The Kier molecular flexibility index (Phi) is 9.65. The van der Waals surface area contributed by atoms with Crippen LogP contribution in [0.25, 0.3) is 5.32 Å². The van der Waals surface area contributed by atoms with E-state index in [1.54, 1.807) is 0 Å². The summed E-state index contributed by atoms with van der Waals surface area (Å²) >= 11 is 1.47. The molecule has 0 heterocycles. The second-order valence-corrected chi connectivity index (χ2v) is 8.24. The van der Waals surface area contributed by atoms with Gasteiger partial charge < -0.3 is 10.4 Å². The van der Waals surface area contributed by atoms with Gasteiger partial charge >= 0.3 is 28.7 Å². The molecule has 5 heteroatoms. The maximum atomic E-state index is 10.9. The zero-order valence-electron chi connectivity index (χ0n) is 17.0. The van der Waals surface area contributed by atoms with E-state index >= 15 is 0 Å². The molecule has 0 saturated carbocycles. The maximum absolute atomic E-state index is 10.9. The molecule has 0 aliphatic heterocycles. The molecule has 0 saturated heterocycles. The minimum absolute atomic E-state index is 0.389. The van der Waals surface area contributed by atoms with Gasteiger partial charge in [-0.15, -0.1) is 12.2 Å². The first kappa shape index (κ1) is 23.6. The van der Waals surface area contributed by atoms with Crippen molar-refractivity contribution in [1.29, 1.82) is 0 Å². The van der Waals surface area contributed by atoms with E-state index in [4.69, 9.17) is 5.32 Å². The summed E-state index contributed by atoms with van der Waals surface area (Å²) in [5.74, 6) is 0.407. The molecule has 0 aliphatic carbocycles. The van der Waals surface area contributed by atoms with Crippen molar-refractivity contribution in [3.05, 3.63) is 125 Å². The first-order valence-electron chi connectivity index (χ1n) is 9.91. The fourth-order valence-corrected chi connectivity index (χ4v) is 4.54. The van der Waals surface area contributed by atoms with Gasteiger partial charge in [-0.2, -0.15) is 0 Å². The molecule has 2 nitrogen and oxygen atoms in total. The molecule has 154 valence electrons. The fourth-order valence-electron chi connectivity index (χ4n) is 3.29. The molecule has 4 aromatic carbocycles. The summed E-state index contributed by atoms with van der Waals surface area (Å²) in [4.78, 5) is 0. The Hall–Kier alpha value is -2.09. The van der Waals surface area contributed by atoms with E-state index in [9.17, 15) is 5.11 Å². The van der Waals surface area contributed by atoms with Crippen LogP contribution in [0.4, 0.5) is 5.69 Å². The number of aromatic hydroxyl groups is 1. The second kappa shape index (κ2) is 12.7. The molecule has 0 radical (unpaired) electrons. The van der Waals surface area contributed by atoms with Crippen molar-refractivity contribution in [2.75, 3.05) is 0 Å². The number of rotatable bonds is 7. The third kappa shape index (κ3) is 6.96. The van der Waals surface area contributed by atoms with Crippen molar-refractivity contribution < 1.29 is 24.5 Å². The van der Waals surface area contributed by atoms with Crippen molar-refractivity contribution in [3.8, 4) is 5.75 Å². The Morgan fingerprint density at radius 1 is 0.677 bits per heavy atom. The first-order chi connectivity index (χ1) is 15.3. The van der Waals surface area contributed by atoms with Gasteiger partial charge in [0.1, 0.15) is 5.75 Å². The predicted molar refractivity (Wildman–Crippen MR) is 130 cm³/mol. The topological polar surface area (TPSA) is 34.3 Å². The van der Waals surface area contributed by atoms with Crippen molar-refractivity contribution in [2.24, 2.45) is 0 Å². The molecule has 0 fully saturated rings. The van der Waals surface area contributed by atoms with Gasteiger partial charge in [-0.25, -0.2) is 0 Å². The zero-order chi connectivity index (χ0) is 21.9. The van der Waals surface area contributed by atoms with Crippen LogP contribution in [0.5, 0.6) is 5.75 Å².